The van der Waals surface area contributed by atoms with Crippen LogP contribution in [0.4, 0.5) is 0 Å². The first-order valence-electron chi connectivity index (χ1n) is 9.58. The molecule has 1 aliphatic rings. The molecule has 3 aromatic rings. The molecule has 6 nitrogen and oxygen atoms in total. The van der Waals surface area contributed by atoms with Crippen molar-refractivity contribution in [3.8, 4) is 17.1 Å². The summed E-state index contributed by atoms with van der Waals surface area (Å²) in [7, 11) is -2.23. The highest BCUT2D eigenvalue weighted by Gasteiger charge is 2.35. The largest absolute Gasteiger partial charge is 0.495 e. The van der Waals surface area contributed by atoms with E-state index < -0.39 is 10.0 Å². The number of hydrogen-bond acceptors (Lipinski definition) is 5. The van der Waals surface area contributed by atoms with Crippen molar-refractivity contribution in [1.29, 1.82) is 0 Å². The molecule has 1 saturated heterocycles. The Labute approximate surface area is 171 Å². The first-order valence-corrected chi connectivity index (χ1v) is 11.0. The standard InChI is InChI=1S/C22H24N2O4S/c1-15-16(2)23-28-22(15)18-9-10-20(27-3)21(13-18)29(25,26)24-12-11-19(14-24)17-7-5-4-6-8-17/h4-10,13,19H,11-12,14H2,1-3H3. The maximum absolute atomic E-state index is 13.5. The summed E-state index contributed by atoms with van der Waals surface area (Å²) in [6.45, 7) is 4.71. The Kier molecular flexibility index (Phi) is 5.19. The highest BCUT2D eigenvalue weighted by atomic mass is 32.2. The van der Waals surface area contributed by atoms with Crippen LogP contribution in [-0.2, 0) is 10.0 Å². The van der Waals surface area contributed by atoms with Crippen LogP contribution in [0.5, 0.6) is 5.75 Å². The van der Waals surface area contributed by atoms with Crippen molar-refractivity contribution in [3.05, 3.63) is 65.4 Å². The maximum Gasteiger partial charge on any atom is 0.246 e. The summed E-state index contributed by atoms with van der Waals surface area (Å²) >= 11 is 0. The maximum atomic E-state index is 13.5. The first-order chi connectivity index (χ1) is 13.9. The normalized spacial score (nSPS) is 17.6. The van der Waals surface area contributed by atoms with Gasteiger partial charge in [0.15, 0.2) is 5.76 Å². The van der Waals surface area contributed by atoms with Gasteiger partial charge in [0.1, 0.15) is 10.6 Å². The third-order valence-corrected chi connectivity index (χ3v) is 7.51. The number of ether oxygens (including phenoxy) is 1. The minimum absolute atomic E-state index is 0.152. The molecular weight excluding hydrogens is 388 g/mol. The molecule has 0 saturated carbocycles. The third-order valence-electron chi connectivity index (χ3n) is 5.62. The molecule has 1 fully saturated rings. The summed E-state index contributed by atoms with van der Waals surface area (Å²) in [4.78, 5) is 0.152. The molecule has 0 bridgehead atoms. The number of nitrogens with zero attached hydrogens (tertiary/aromatic N) is 2. The molecule has 1 atom stereocenters. The van der Waals surface area contributed by atoms with E-state index in [4.69, 9.17) is 9.26 Å². The number of benzene rings is 2. The Morgan fingerprint density at radius 2 is 1.90 bits per heavy atom. The highest BCUT2D eigenvalue weighted by Crippen LogP contribution is 2.37. The average molecular weight is 413 g/mol. The van der Waals surface area contributed by atoms with Crippen molar-refractivity contribution in [1.82, 2.24) is 9.46 Å². The topological polar surface area (TPSA) is 72.6 Å². The Morgan fingerprint density at radius 1 is 1.14 bits per heavy atom. The van der Waals surface area contributed by atoms with Crippen molar-refractivity contribution < 1.29 is 17.7 Å². The van der Waals surface area contributed by atoms with Gasteiger partial charge in [0.25, 0.3) is 0 Å². The van der Waals surface area contributed by atoms with Gasteiger partial charge in [-0.05, 0) is 49.9 Å². The lowest BCUT2D eigenvalue weighted by Crippen LogP contribution is -2.29. The van der Waals surface area contributed by atoms with Gasteiger partial charge < -0.3 is 9.26 Å². The molecule has 0 spiro atoms. The van der Waals surface area contributed by atoms with E-state index in [9.17, 15) is 8.42 Å². The molecule has 1 aromatic heterocycles. The van der Waals surface area contributed by atoms with Crippen LogP contribution in [0.2, 0.25) is 0 Å². The van der Waals surface area contributed by atoms with E-state index in [1.54, 1.807) is 22.5 Å². The Bertz CT molecular complexity index is 1120. The fourth-order valence-electron chi connectivity index (χ4n) is 3.79. The number of rotatable bonds is 5. The van der Waals surface area contributed by atoms with Crippen LogP contribution in [0.15, 0.2) is 57.9 Å². The minimum atomic E-state index is -3.71. The Hall–Kier alpha value is -2.64. The SMILES string of the molecule is COc1ccc(-c2onc(C)c2C)cc1S(=O)(=O)N1CCC(c2ccccc2)C1. The fraction of sp³-hybridized carbons (Fsp3) is 0.318. The molecule has 0 N–H and O–H groups in total. The zero-order valence-electron chi connectivity index (χ0n) is 16.8. The van der Waals surface area contributed by atoms with Crippen molar-refractivity contribution in [2.45, 2.75) is 31.1 Å². The molecule has 2 aromatic carbocycles. The van der Waals surface area contributed by atoms with Crippen LogP contribution < -0.4 is 4.74 Å². The lowest BCUT2D eigenvalue weighted by molar-refractivity contribution is 0.397. The van der Waals surface area contributed by atoms with Crippen LogP contribution in [-0.4, -0.2) is 38.1 Å². The number of aromatic nitrogens is 1. The van der Waals surface area contributed by atoms with E-state index in [1.165, 1.54) is 12.7 Å². The van der Waals surface area contributed by atoms with Crippen molar-refractivity contribution in [3.63, 3.8) is 0 Å². The molecule has 29 heavy (non-hydrogen) atoms. The van der Waals surface area contributed by atoms with E-state index in [1.807, 2.05) is 32.0 Å². The van der Waals surface area contributed by atoms with E-state index in [0.717, 1.165) is 17.7 Å². The summed E-state index contributed by atoms with van der Waals surface area (Å²) < 4.78 is 39.3. The second-order valence-electron chi connectivity index (χ2n) is 7.35. The van der Waals surface area contributed by atoms with Crippen molar-refractivity contribution in [2.75, 3.05) is 20.2 Å². The van der Waals surface area contributed by atoms with Gasteiger partial charge in [-0.3, -0.25) is 0 Å². The van der Waals surface area contributed by atoms with Crippen LogP contribution in [0.3, 0.4) is 0 Å². The van der Waals surface area contributed by atoms with Gasteiger partial charge in [0, 0.05) is 24.2 Å². The first kappa shape index (κ1) is 19.7. The number of methoxy groups -OCH3 is 1. The minimum Gasteiger partial charge on any atom is -0.495 e. The average Bonchev–Trinajstić information content (AvgIpc) is 3.36. The van der Waals surface area contributed by atoms with Gasteiger partial charge >= 0.3 is 0 Å². The predicted octanol–water partition coefficient (Wildman–Crippen LogP) is 4.15. The predicted molar refractivity (Wildman–Crippen MR) is 111 cm³/mol. The second-order valence-corrected chi connectivity index (χ2v) is 9.25. The second kappa shape index (κ2) is 7.65. The molecule has 152 valence electrons. The highest BCUT2D eigenvalue weighted by molar-refractivity contribution is 7.89. The zero-order valence-corrected chi connectivity index (χ0v) is 17.6. The van der Waals surface area contributed by atoms with Gasteiger partial charge in [-0.15, -0.1) is 0 Å². The Morgan fingerprint density at radius 3 is 2.55 bits per heavy atom. The van der Waals surface area contributed by atoms with Crippen LogP contribution in [0.1, 0.15) is 29.2 Å². The summed E-state index contributed by atoms with van der Waals surface area (Å²) in [6.07, 6.45) is 0.797. The number of aryl methyl sites for hydroxylation is 1. The molecule has 4 rings (SSSR count). The fourth-order valence-corrected chi connectivity index (χ4v) is 5.47. The summed E-state index contributed by atoms with van der Waals surface area (Å²) in [5, 5.41) is 3.98. The molecule has 2 heterocycles. The molecule has 1 unspecified atom stereocenters. The summed E-state index contributed by atoms with van der Waals surface area (Å²) in [5.74, 6) is 1.09. The van der Waals surface area contributed by atoms with Crippen LogP contribution in [0.25, 0.3) is 11.3 Å². The van der Waals surface area contributed by atoms with E-state index in [2.05, 4.69) is 17.3 Å². The number of hydrogen-bond donors (Lipinski definition) is 0. The molecular formula is C22H24N2O4S. The van der Waals surface area contributed by atoms with Gasteiger partial charge in [-0.2, -0.15) is 4.31 Å². The van der Waals surface area contributed by atoms with Crippen molar-refractivity contribution >= 4 is 10.0 Å². The molecule has 7 heteroatoms. The smallest absolute Gasteiger partial charge is 0.246 e. The zero-order chi connectivity index (χ0) is 20.6. The lowest BCUT2D eigenvalue weighted by atomic mass is 9.99. The Balaban J connectivity index is 1.69. The molecule has 0 aliphatic carbocycles. The summed E-state index contributed by atoms with van der Waals surface area (Å²) in [6, 6.07) is 15.1. The van der Waals surface area contributed by atoms with Gasteiger partial charge in [-0.25, -0.2) is 8.42 Å². The molecule has 1 aliphatic heterocycles. The summed E-state index contributed by atoms with van der Waals surface area (Å²) in [5.41, 5.74) is 3.51. The molecule has 0 amide bonds. The van der Waals surface area contributed by atoms with E-state index >= 15 is 0 Å². The monoisotopic (exact) mass is 412 g/mol. The van der Waals surface area contributed by atoms with E-state index in [0.29, 0.717) is 30.2 Å². The number of sulfonamides is 1. The van der Waals surface area contributed by atoms with Gasteiger partial charge in [0.2, 0.25) is 10.0 Å². The van der Waals surface area contributed by atoms with E-state index in [-0.39, 0.29) is 10.8 Å². The van der Waals surface area contributed by atoms with Crippen LogP contribution >= 0.6 is 0 Å². The third kappa shape index (κ3) is 3.56. The van der Waals surface area contributed by atoms with Gasteiger partial charge in [-0.1, -0.05) is 35.5 Å². The van der Waals surface area contributed by atoms with Gasteiger partial charge in [0.05, 0.1) is 12.8 Å². The molecule has 0 radical (unpaired) electrons. The van der Waals surface area contributed by atoms with Crippen molar-refractivity contribution in [2.24, 2.45) is 0 Å². The lowest BCUT2D eigenvalue weighted by Gasteiger charge is -2.19. The van der Waals surface area contributed by atoms with Crippen LogP contribution in [0, 0.1) is 13.8 Å². The quantitative estimate of drug-likeness (QED) is 0.630.